The van der Waals surface area contributed by atoms with E-state index in [4.69, 9.17) is 0 Å². The third kappa shape index (κ3) is 3.86. The monoisotopic (exact) mass is 316 g/mol. The van der Waals surface area contributed by atoms with Crippen LogP contribution in [0.1, 0.15) is 54.4 Å². The molecule has 0 aromatic heterocycles. The van der Waals surface area contributed by atoms with Gasteiger partial charge in [-0.15, -0.1) is 0 Å². The maximum absolute atomic E-state index is 12.8. The lowest BCUT2D eigenvalue weighted by atomic mass is 9.86. The summed E-state index contributed by atoms with van der Waals surface area (Å²) in [5, 5.41) is 12.5. The highest BCUT2D eigenvalue weighted by atomic mass is 16.3. The fraction of sp³-hybridized carbons (Fsp3) is 0.632. The van der Waals surface area contributed by atoms with Crippen molar-refractivity contribution in [3.05, 3.63) is 29.3 Å². The second-order valence-electron chi connectivity index (χ2n) is 7.09. The van der Waals surface area contributed by atoms with E-state index in [0.29, 0.717) is 5.92 Å². The van der Waals surface area contributed by atoms with Crippen LogP contribution in [0.5, 0.6) is 0 Å². The SMILES string of the molecule is Cc1ccc(N2CCCC2)c(C(=O)NC2CCC(CO)CC2)c1. The van der Waals surface area contributed by atoms with E-state index in [-0.39, 0.29) is 18.6 Å². The average Bonchev–Trinajstić information content (AvgIpc) is 3.09. The van der Waals surface area contributed by atoms with E-state index in [1.54, 1.807) is 0 Å². The number of amides is 1. The summed E-state index contributed by atoms with van der Waals surface area (Å²) in [6, 6.07) is 6.45. The van der Waals surface area contributed by atoms with Gasteiger partial charge in [0.25, 0.3) is 5.91 Å². The van der Waals surface area contributed by atoms with Gasteiger partial charge in [0.05, 0.1) is 5.56 Å². The lowest BCUT2D eigenvalue weighted by Crippen LogP contribution is -2.38. The number of aliphatic hydroxyl groups is 1. The molecule has 2 N–H and O–H groups in total. The number of aryl methyl sites for hydroxylation is 1. The standard InChI is InChI=1S/C19H28N2O2/c1-14-4-9-18(21-10-2-3-11-21)17(12-14)19(23)20-16-7-5-15(13-22)6-8-16/h4,9,12,15-16,22H,2-3,5-8,10-11,13H2,1H3,(H,20,23). The summed E-state index contributed by atoms with van der Waals surface area (Å²) in [5.41, 5.74) is 3.02. The molecule has 1 heterocycles. The van der Waals surface area contributed by atoms with Gasteiger partial charge in [-0.2, -0.15) is 0 Å². The summed E-state index contributed by atoms with van der Waals surface area (Å²) in [4.78, 5) is 15.1. The zero-order valence-corrected chi connectivity index (χ0v) is 14.1. The molecule has 4 heteroatoms. The summed E-state index contributed by atoms with van der Waals surface area (Å²) in [6.45, 7) is 4.41. The number of hydrogen-bond donors (Lipinski definition) is 2. The van der Waals surface area contributed by atoms with Crippen LogP contribution in [0.25, 0.3) is 0 Å². The number of hydrogen-bond acceptors (Lipinski definition) is 3. The molecule has 0 radical (unpaired) electrons. The Balaban J connectivity index is 1.70. The van der Waals surface area contributed by atoms with Gasteiger partial charge in [0.15, 0.2) is 0 Å². The number of aliphatic hydroxyl groups excluding tert-OH is 1. The normalized spacial score (nSPS) is 24.7. The Hall–Kier alpha value is -1.55. The first-order valence-electron chi connectivity index (χ1n) is 8.94. The Morgan fingerprint density at radius 1 is 1.22 bits per heavy atom. The van der Waals surface area contributed by atoms with Crippen molar-refractivity contribution < 1.29 is 9.90 Å². The van der Waals surface area contributed by atoms with Gasteiger partial charge >= 0.3 is 0 Å². The number of carbonyl (C=O) groups excluding carboxylic acids is 1. The molecule has 1 amide bonds. The Kier molecular flexibility index (Phi) is 5.21. The molecular weight excluding hydrogens is 288 g/mol. The molecule has 23 heavy (non-hydrogen) atoms. The van der Waals surface area contributed by atoms with Gasteiger partial charge in [0.2, 0.25) is 0 Å². The van der Waals surface area contributed by atoms with Crippen molar-refractivity contribution >= 4 is 11.6 Å². The molecule has 0 unspecified atom stereocenters. The van der Waals surface area contributed by atoms with Crippen molar-refractivity contribution in [3.8, 4) is 0 Å². The smallest absolute Gasteiger partial charge is 0.253 e. The van der Waals surface area contributed by atoms with E-state index in [2.05, 4.69) is 22.3 Å². The molecule has 0 atom stereocenters. The van der Waals surface area contributed by atoms with E-state index in [1.165, 1.54) is 12.8 Å². The predicted octanol–water partition coefficient (Wildman–Crippen LogP) is 2.88. The lowest BCUT2D eigenvalue weighted by Gasteiger charge is -2.29. The quantitative estimate of drug-likeness (QED) is 0.898. The zero-order chi connectivity index (χ0) is 16.2. The second-order valence-corrected chi connectivity index (χ2v) is 7.09. The third-order valence-electron chi connectivity index (χ3n) is 5.28. The summed E-state index contributed by atoms with van der Waals surface area (Å²) < 4.78 is 0. The topological polar surface area (TPSA) is 52.6 Å². The minimum atomic E-state index is 0.0584. The molecule has 1 saturated carbocycles. The highest BCUT2D eigenvalue weighted by Gasteiger charge is 2.24. The van der Waals surface area contributed by atoms with Crippen molar-refractivity contribution in [1.29, 1.82) is 0 Å². The number of rotatable bonds is 4. The van der Waals surface area contributed by atoms with E-state index >= 15 is 0 Å². The van der Waals surface area contributed by atoms with Crippen LogP contribution in [-0.4, -0.2) is 36.8 Å². The first kappa shape index (κ1) is 16.3. The molecule has 4 nitrogen and oxygen atoms in total. The highest BCUT2D eigenvalue weighted by Crippen LogP contribution is 2.27. The average molecular weight is 316 g/mol. The highest BCUT2D eigenvalue weighted by molar-refractivity contribution is 6.00. The number of carbonyl (C=O) groups is 1. The molecule has 1 saturated heterocycles. The number of anilines is 1. The van der Waals surface area contributed by atoms with Gasteiger partial charge in [0, 0.05) is 31.4 Å². The van der Waals surface area contributed by atoms with Gasteiger partial charge in [0.1, 0.15) is 0 Å². The van der Waals surface area contributed by atoms with Gasteiger partial charge in [-0.1, -0.05) is 11.6 Å². The van der Waals surface area contributed by atoms with Gasteiger partial charge in [-0.05, 0) is 63.5 Å². The van der Waals surface area contributed by atoms with Crippen LogP contribution >= 0.6 is 0 Å². The molecular formula is C19H28N2O2. The minimum absolute atomic E-state index is 0.0584. The van der Waals surface area contributed by atoms with Crippen LogP contribution in [0.4, 0.5) is 5.69 Å². The van der Waals surface area contributed by atoms with Crippen LogP contribution in [0, 0.1) is 12.8 Å². The molecule has 1 aromatic rings. The van der Waals surface area contributed by atoms with Gasteiger partial charge in [-0.25, -0.2) is 0 Å². The van der Waals surface area contributed by atoms with Gasteiger partial charge in [-0.3, -0.25) is 4.79 Å². The van der Waals surface area contributed by atoms with Crippen molar-refractivity contribution in [2.45, 2.75) is 51.5 Å². The first-order chi connectivity index (χ1) is 11.2. The Labute approximate surface area is 138 Å². The molecule has 3 rings (SSSR count). The van der Waals surface area contributed by atoms with Crippen molar-refractivity contribution in [1.82, 2.24) is 5.32 Å². The minimum Gasteiger partial charge on any atom is -0.396 e. The van der Waals surface area contributed by atoms with Crippen LogP contribution < -0.4 is 10.2 Å². The first-order valence-corrected chi connectivity index (χ1v) is 8.94. The summed E-state index contributed by atoms with van der Waals surface area (Å²) in [7, 11) is 0. The maximum Gasteiger partial charge on any atom is 0.253 e. The maximum atomic E-state index is 12.8. The fourth-order valence-electron chi connectivity index (χ4n) is 3.82. The largest absolute Gasteiger partial charge is 0.396 e. The zero-order valence-electron chi connectivity index (χ0n) is 14.1. The lowest BCUT2D eigenvalue weighted by molar-refractivity contribution is 0.0914. The number of benzene rings is 1. The van der Waals surface area contributed by atoms with E-state index in [9.17, 15) is 9.90 Å². The Morgan fingerprint density at radius 3 is 2.57 bits per heavy atom. The predicted molar refractivity (Wildman–Crippen MR) is 92.9 cm³/mol. The fourth-order valence-corrected chi connectivity index (χ4v) is 3.82. The van der Waals surface area contributed by atoms with E-state index < -0.39 is 0 Å². The van der Waals surface area contributed by atoms with Crippen molar-refractivity contribution in [2.24, 2.45) is 5.92 Å². The molecule has 0 bridgehead atoms. The second kappa shape index (κ2) is 7.35. The Morgan fingerprint density at radius 2 is 1.91 bits per heavy atom. The van der Waals surface area contributed by atoms with Crippen molar-refractivity contribution in [2.75, 3.05) is 24.6 Å². The molecule has 2 aliphatic rings. The van der Waals surface area contributed by atoms with Crippen LogP contribution in [-0.2, 0) is 0 Å². The van der Waals surface area contributed by atoms with Crippen LogP contribution in [0.2, 0.25) is 0 Å². The molecule has 1 aromatic carbocycles. The van der Waals surface area contributed by atoms with Crippen molar-refractivity contribution in [3.63, 3.8) is 0 Å². The van der Waals surface area contributed by atoms with E-state index in [1.807, 2.05) is 13.0 Å². The number of nitrogens with one attached hydrogen (secondary N) is 1. The van der Waals surface area contributed by atoms with Crippen LogP contribution in [0.15, 0.2) is 18.2 Å². The van der Waals surface area contributed by atoms with Gasteiger partial charge < -0.3 is 15.3 Å². The molecule has 1 aliphatic heterocycles. The Bertz CT molecular complexity index is 544. The number of nitrogens with zero attached hydrogens (tertiary/aromatic N) is 1. The summed E-state index contributed by atoms with van der Waals surface area (Å²) >= 11 is 0. The van der Waals surface area contributed by atoms with E-state index in [0.717, 1.165) is 55.6 Å². The molecule has 2 fully saturated rings. The molecule has 0 spiro atoms. The molecule has 126 valence electrons. The summed E-state index contributed by atoms with van der Waals surface area (Å²) in [6.07, 6.45) is 6.38. The third-order valence-corrected chi connectivity index (χ3v) is 5.28. The van der Waals surface area contributed by atoms with Crippen LogP contribution in [0.3, 0.4) is 0 Å². The summed E-state index contributed by atoms with van der Waals surface area (Å²) in [5.74, 6) is 0.477. The molecule has 1 aliphatic carbocycles.